The van der Waals surface area contributed by atoms with Gasteiger partial charge < -0.3 is 19.5 Å². The Hall–Kier alpha value is -3.82. The summed E-state index contributed by atoms with van der Waals surface area (Å²) >= 11 is 0. The zero-order chi connectivity index (χ0) is 24.5. The number of rotatable bonds is 6. The Balaban J connectivity index is 1.58. The van der Waals surface area contributed by atoms with Crippen LogP contribution < -0.4 is 15.0 Å². The molecule has 1 N–H and O–H groups in total. The summed E-state index contributed by atoms with van der Waals surface area (Å²) in [6.07, 6.45) is -1.28. The lowest BCUT2D eigenvalue weighted by Gasteiger charge is -2.23. The van der Waals surface area contributed by atoms with Crippen LogP contribution in [0, 0.1) is 5.92 Å². The van der Waals surface area contributed by atoms with Crippen molar-refractivity contribution in [2.45, 2.75) is 18.6 Å². The first kappa shape index (κ1) is 23.3. The Labute approximate surface area is 194 Å². The van der Waals surface area contributed by atoms with Gasteiger partial charge in [-0.25, -0.2) is 4.98 Å². The van der Waals surface area contributed by atoms with E-state index in [2.05, 4.69) is 10.3 Å². The van der Waals surface area contributed by atoms with Gasteiger partial charge in [0, 0.05) is 43.7 Å². The maximum Gasteiger partial charge on any atom is 0.416 e. The highest BCUT2D eigenvalue weighted by Gasteiger charge is 2.38. The summed E-state index contributed by atoms with van der Waals surface area (Å²) < 4.78 is 46.5. The number of nitrogens with one attached hydrogen (secondary N) is 1. The molecule has 4 rings (SSSR count). The van der Waals surface area contributed by atoms with Gasteiger partial charge in [-0.05, 0) is 24.3 Å². The Morgan fingerprint density at radius 2 is 1.97 bits per heavy atom. The van der Waals surface area contributed by atoms with Crippen molar-refractivity contribution >= 4 is 17.5 Å². The molecule has 0 aliphatic carbocycles. The Morgan fingerprint density at radius 3 is 2.65 bits per heavy atom. The summed E-state index contributed by atoms with van der Waals surface area (Å²) in [6, 6.07) is 11.1. The van der Waals surface area contributed by atoms with Crippen molar-refractivity contribution < 1.29 is 27.5 Å². The van der Waals surface area contributed by atoms with E-state index in [0.717, 1.165) is 12.1 Å². The number of benzene rings is 2. The predicted octanol–water partition coefficient (Wildman–Crippen LogP) is 3.71. The zero-order valence-corrected chi connectivity index (χ0v) is 18.5. The number of carbonyl (C=O) groups excluding carboxylic acids is 2. The van der Waals surface area contributed by atoms with Crippen molar-refractivity contribution in [1.29, 1.82) is 0 Å². The molecule has 1 fully saturated rings. The summed E-state index contributed by atoms with van der Waals surface area (Å²) in [6.45, 7) is -0.0226. The third-order valence-corrected chi connectivity index (χ3v) is 5.83. The van der Waals surface area contributed by atoms with Crippen molar-refractivity contribution in [1.82, 2.24) is 14.9 Å². The molecule has 10 heteroatoms. The van der Waals surface area contributed by atoms with Crippen LogP contribution in [0.1, 0.15) is 29.4 Å². The van der Waals surface area contributed by atoms with Gasteiger partial charge in [-0.3, -0.25) is 9.59 Å². The molecule has 1 aromatic heterocycles. The molecule has 2 aromatic carbocycles. The van der Waals surface area contributed by atoms with Crippen LogP contribution in [0.25, 0.3) is 0 Å². The lowest BCUT2D eigenvalue weighted by Crippen LogP contribution is -2.37. The number of ether oxygens (including phenoxy) is 1. The number of carbonyl (C=O) groups is 2. The number of aromatic nitrogens is 2. The molecule has 178 valence electrons. The van der Waals surface area contributed by atoms with E-state index in [4.69, 9.17) is 4.74 Å². The lowest BCUT2D eigenvalue weighted by atomic mass is 10.0. The lowest BCUT2D eigenvalue weighted by molar-refractivity contribution is -0.137. The van der Waals surface area contributed by atoms with E-state index < -0.39 is 35.5 Å². The molecule has 0 saturated carbocycles. The number of nitrogens with zero attached hydrogens (tertiary/aromatic N) is 3. The molecule has 0 unspecified atom stereocenters. The standard InChI is InChI=1S/C24H23F3N4O3/c1-30-11-10-28-22(30)21(18-8-3-4-9-19(18)34-2)29-23(33)15-12-20(32)31(14-15)17-7-5-6-16(13-17)24(25,26)27/h3-11,13,15,21H,12,14H2,1-2H3,(H,29,33)/t15-,21+/m0/s1. The summed E-state index contributed by atoms with van der Waals surface area (Å²) in [5, 5.41) is 2.96. The van der Waals surface area contributed by atoms with Crippen LogP contribution in [0.15, 0.2) is 60.9 Å². The van der Waals surface area contributed by atoms with Crippen molar-refractivity contribution in [3.63, 3.8) is 0 Å². The third kappa shape index (κ3) is 4.61. The van der Waals surface area contributed by atoms with Crippen molar-refractivity contribution in [3.8, 4) is 5.75 Å². The average molecular weight is 472 g/mol. The largest absolute Gasteiger partial charge is 0.496 e. The molecule has 2 heterocycles. The Kier molecular flexibility index (Phi) is 6.32. The summed E-state index contributed by atoms with van der Waals surface area (Å²) in [7, 11) is 3.32. The number of methoxy groups -OCH3 is 1. The maximum absolute atomic E-state index is 13.2. The van der Waals surface area contributed by atoms with Crippen LogP contribution in [0.4, 0.5) is 18.9 Å². The van der Waals surface area contributed by atoms with Crippen LogP contribution in [0.2, 0.25) is 0 Å². The highest BCUT2D eigenvalue weighted by atomic mass is 19.4. The van der Waals surface area contributed by atoms with Crippen LogP contribution in [-0.2, 0) is 22.8 Å². The van der Waals surface area contributed by atoms with Gasteiger partial charge in [0.1, 0.15) is 17.6 Å². The number of para-hydroxylation sites is 1. The fourth-order valence-electron chi connectivity index (χ4n) is 4.08. The molecule has 0 bridgehead atoms. The smallest absolute Gasteiger partial charge is 0.416 e. The monoisotopic (exact) mass is 472 g/mol. The Morgan fingerprint density at radius 1 is 1.21 bits per heavy atom. The van der Waals surface area contributed by atoms with E-state index in [0.29, 0.717) is 17.1 Å². The second-order valence-electron chi connectivity index (χ2n) is 8.03. The number of amides is 2. The van der Waals surface area contributed by atoms with E-state index in [1.54, 1.807) is 30.1 Å². The maximum atomic E-state index is 13.2. The van der Waals surface area contributed by atoms with E-state index in [9.17, 15) is 22.8 Å². The minimum Gasteiger partial charge on any atom is -0.496 e. The fraction of sp³-hybridized carbons (Fsp3) is 0.292. The van der Waals surface area contributed by atoms with Crippen LogP contribution >= 0.6 is 0 Å². The minimum atomic E-state index is -4.53. The van der Waals surface area contributed by atoms with Gasteiger partial charge in [0.25, 0.3) is 0 Å². The average Bonchev–Trinajstić information content (AvgIpc) is 3.42. The molecule has 3 aromatic rings. The zero-order valence-electron chi connectivity index (χ0n) is 18.5. The number of halogens is 3. The van der Waals surface area contributed by atoms with Gasteiger partial charge in [0.15, 0.2) is 0 Å². The summed E-state index contributed by atoms with van der Waals surface area (Å²) in [4.78, 5) is 31.4. The third-order valence-electron chi connectivity index (χ3n) is 5.83. The molecule has 0 radical (unpaired) electrons. The number of alkyl halides is 3. The molecule has 2 atom stereocenters. The summed E-state index contributed by atoms with van der Waals surface area (Å²) in [5.41, 5.74) is -0.0519. The van der Waals surface area contributed by atoms with E-state index >= 15 is 0 Å². The molecule has 0 spiro atoms. The molecule has 7 nitrogen and oxygen atoms in total. The van der Waals surface area contributed by atoms with Crippen molar-refractivity contribution in [2.75, 3.05) is 18.6 Å². The van der Waals surface area contributed by atoms with Crippen molar-refractivity contribution in [3.05, 3.63) is 77.9 Å². The second-order valence-corrected chi connectivity index (χ2v) is 8.03. The van der Waals surface area contributed by atoms with E-state index in [1.807, 2.05) is 18.2 Å². The van der Waals surface area contributed by atoms with Crippen molar-refractivity contribution in [2.24, 2.45) is 13.0 Å². The van der Waals surface area contributed by atoms with Gasteiger partial charge >= 0.3 is 6.18 Å². The van der Waals surface area contributed by atoms with Gasteiger partial charge in [-0.2, -0.15) is 13.2 Å². The molecular formula is C24H23F3N4O3. The molecule has 1 saturated heterocycles. The SMILES string of the molecule is COc1ccccc1[C@@H](NC(=O)[C@H]1CC(=O)N(c2cccc(C(F)(F)F)c2)C1)c1nccn1C. The fourth-order valence-corrected chi connectivity index (χ4v) is 4.08. The number of anilines is 1. The van der Waals surface area contributed by atoms with Gasteiger partial charge in [0.05, 0.1) is 18.6 Å². The number of hydrogen-bond acceptors (Lipinski definition) is 4. The Bertz CT molecular complexity index is 1210. The van der Waals surface area contributed by atoms with E-state index in [1.165, 1.54) is 24.1 Å². The first-order chi connectivity index (χ1) is 16.2. The molecule has 1 aliphatic heterocycles. The molecule has 1 aliphatic rings. The topological polar surface area (TPSA) is 76.5 Å². The first-order valence-electron chi connectivity index (χ1n) is 10.6. The highest BCUT2D eigenvalue weighted by Crippen LogP contribution is 2.34. The summed E-state index contributed by atoms with van der Waals surface area (Å²) in [5.74, 6) is -0.424. The number of aryl methyl sites for hydroxylation is 1. The quantitative estimate of drug-likeness (QED) is 0.594. The first-order valence-corrected chi connectivity index (χ1v) is 10.6. The van der Waals surface area contributed by atoms with Crippen LogP contribution in [-0.4, -0.2) is 35.0 Å². The van der Waals surface area contributed by atoms with Gasteiger partial charge in [-0.1, -0.05) is 24.3 Å². The molecule has 2 amide bonds. The predicted molar refractivity (Wildman–Crippen MR) is 118 cm³/mol. The van der Waals surface area contributed by atoms with Crippen LogP contribution in [0.3, 0.4) is 0 Å². The number of hydrogen-bond donors (Lipinski definition) is 1. The van der Waals surface area contributed by atoms with Gasteiger partial charge in [0.2, 0.25) is 11.8 Å². The minimum absolute atomic E-state index is 0.0226. The molecule has 34 heavy (non-hydrogen) atoms. The highest BCUT2D eigenvalue weighted by molar-refractivity contribution is 6.00. The van der Waals surface area contributed by atoms with Gasteiger partial charge in [-0.15, -0.1) is 0 Å². The number of imidazole rings is 1. The van der Waals surface area contributed by atoms with Crippen LogP contribution in [0.5, 0.6) is 5.75 Å². The second kappa shape index (κ2) is 9.20. The molecular weight excluding hydrogens is 449 g/mol. The normalized spacial score (nSPS) is 17.0. The van der Waals surface area contributed by atoms with E-state index in [-0.39, 0.29) is 18.7 Å².